The first-order chi connectivity index (χ1) is 10.3. The van der Waals surface area contributed by atoms with Gasteiger partial charge in [-0.05, 0) is 0 Å². The molecule has 3 heteroatoms. The first-order valence-electron chi connectivity index (χ1n) is 9.54. The van der Waals surface area contributed by atoms with Crippen molar-refractivity contribution in [1.82, 2.24) is 10.2 Å². The van der Waals surface area contributed by atoms with Gasteiger partial charge in [-0.15, -0.1) is 0 Å². The van der Waals surface area contributed by atoms with Gasteiger partial charge in [-0.3, -0.25) is 0 Å². The molecule has 2 heterocycles. The van der Waals surface area contributed by atoms with Crippen LogP contribution >= 0.6 is 0 Å². The second kappa shape index (κ2) is 8.20. The molecule has 2 fully saturated rings. The zero-order valence-corrected chi connectivity index (χ0v) is 18.5. The van der Waals surface area contributed by atoms with E-state index in [4.69, 9.17) is 0 Å². The molecule has 22 heavy (non-hydrogen) atoms. The SMILES string of the molecule is C[CH2][Sn][CH]1CCN(C(C)(C)CC(C)(C)C2CCNCC2)CC1. The summed E-state index contributed by atoms with van der Waals surface area (Å²) in [5.74, 6) is 0.903. The van der Waals surface area contributed by atoms with Crippen molar-refractivity contribution in [2.24, 2.45) is 11.3 Å². The first-order valence-corrected chi connectivity index (χ1v) is 13.2. The molecule has 0 aromatic rings. The Kier molecular flexibility index (Phi) is 7.10. The van der Waals surface area contributed by atoms with Crippen LogP contribution in [0.25, 0.3) is 0 Å². The second-order valence-electron chi connectivity index (χ2n) is 8.82. The fraction of sp³-hybridized carbons (Fsp3) is 1.00. The number of rotatable bonds is 6. The summed E-state index contributed by atoms with van der Waals surface area (Å²) in [5.41, 5.74) is 0.846. The maximum absolute atomic E-state index is 3.52. The van der Waals surface area contributed by atoms with Gasteiger partial charge in [0, 0.05) is 0 Å². The third-order valence-electron chi connectivity index (χ3n) is 6.18. The summed E-state index contributed by atoms with van der Waals surface area (Å²) in [7, 11) is 0. The third-order valence-corrected chi connectivity index (χ3v) is 10.6. The Labute approximate surface area is 149 Å². The van der Waals surface area contributed by atoms with Gasteiger partial charge in [-0.25, -0.2) is 0 Å². The number of nitrogens with one attached hydrogen (secondary N) is 1. The number of likely N-dealkylation sites (tertiary alicyclic amines) is 1. The van der Waals surface area contributed by atoms with Crippen LogP contribution in [0, 0.1) is 11.3 Å². The van der Waals surface area contributed by atoms with Gasteiger partial charge in [0.1, 0.15) is 0 Å². The maximum atomic E-state index is 3.52. The Morgan fingerprint density at radius 2 is 1.59 bits per heavy atom. The van der Waals surface area contributed by atoms with E-state index in [1.165, 1.54) is 62.7 Å². The summed E-state index contributed by atoms with van der Waals surface area (Å²) in [5, 5.41) is 3.52. The van der Waals surface area contributed by atoms with E-state index in [2.05, 4.69) is 44.8 Å². The average molecular weight is 413 g/mol. The summed E-state index contributed by atoms with van der Waals surface area (Å²) in [4.78, 5) is 2.82. The molecule has 2 nitrogen and oxygen atoms in total. The van der Waals surface area contributed by atoms with E-state index in [0.717, 1.165) is 9.85 Å². The minimum atomic E-state index is -0.0454. The van der Waals surface area contributed by atoms with E-state index < -0.39 is 0 Å². The molecule has 2 rings (SSSR count). The number of hydrogen-bond donors (Lipinski definition) is 1. The van der Waals surface area contributed by atoms with Gasteiger partial charge in [0.05, 0.1) is 0 Å². The van der Waals surface area contributed by atoms with Gasteiger partial charge in [-0.2, -0.15) is 0 Å². The molecular formula is C19H38N2Sn. The van der Waals surface area contributed by atoms with Crippen LogP contribution in [0.3, 0.4) is 0 Å². The molecule has 0 aliphatic carbocycles. The number of nitrogens with zero attached hydrogens (tertiary/aromatic N) is 1. The molecule has 0 saturated carbocycles. The van der Waals surface area contributed by atoms with Crippen LogP contribution in [-0.2, 0) is 0 Å². The molecule has 0 bridgehead atoms. The van der Waals surface area contributed by atoms with E-state index in [1.807, 2.05) is 0 Å². The molecule has 2 radical (unpaired) electrons. The zero-order chi connectivity index (χ0) is 16.2. The molecular weight excluding hydrogens is 375 g/mol. The van der Waals surface area contributed by atoms with Crippen LogP contribution in [0.2, 0.25) is 8.37 Å². The van der Waals surface area contributed by atoms with Crippen LogP contribution in [0.1, 0.15) is 66.7 Å². The van der Waals surface area contributed by atoms with E-state index in [-0.39, 0.29) is 21.1 Å². The summed E-state index contributed by atoms with van der Waals surface area (Å²) >= 11 is -0.0454. The molecule has 2 aliphatic heterocycles. The summed E-state index contributed by atoms with van der Waals surface area (Å²) < 4.78 is 2.69. The Hall–Kier alpha value is 0.719. The Morgan fingerprint density at radius 3 is 2.14 bits per heavy atom. The van der Waals surface area contributed by atoms with Crippen molar-refractivity contribution in [3.05, 3.63) is 0 Å². The minimum absolute atomic E-state index is 0.0454. The van der Waals surface area contributed by atoms with Crippen molar-refractivity contribution < 1.29 is 0 Å². The second-order valence-corrected chi connectivity index (χ2v) is 14.3. The summed E-state index contributed by atoms with van der Waals surface area (Å²) in [6.07, 6.45) is 7.08. The van der Waals surface area contributed by atoms with Gasteiger partial charge >= 0.3 is 150 Å². The van der Waals surface area contributed by atoms with E-state index >= 15 is 0 Å². The molecule has 0 spiro atoms. The average Bonchev–Trinajstić information content (AvgIpc) is 2.48. The number of piperidine rings is 2. The predicted octanol–water partition coefficient (Wildman–Crippen LogP) is 4.21. The van der Waals surface area contributed by atoms with Crippen molar-refractivity contribution in [2.45, 2.75) is 80.6 Å². The van der Waals surface area contributed by atoms with Gasteiger partial charge < -0.3 is 0 Å². The Bertz CT molecular complexity index is 326. The van der Waals surface area contributed by atoms with E-state index in [0.29, 0.717) is 11.0 Å². The van der Waals surface area contributed by atoms with Crippen LogP contribution in [0.15, 0.2) is 0 Å². The van der Waals surface area contributed by atoms with Crippen molar-refractivity contribution in [1.29, 1.82) is 0 Å². The van der Waals surface area contributed by atoms with Crippen molar-refractivity contribution in [3.8, 4) is 0 Å². The fourth-order valence-electron chi connectivity index (χ4n) is 4.95. The third kappa shape index (κ3) is 5.11. The quantitative estimate of drug-likeness (QED) is 0.657. The molecule has 2 aliphatic rings. The molecule has 0 aromatic carbocycles. The van der Waals surface area contributed by atoms with Crippen LogP contribution < -0.4 is 5.32 Å². The fourth-order valence-corrected chi connectivity index (χ4v) is 8.50. The van der Waals surface area contributed by atoms with Crippen molar-refractivity contribution in [2.75, 3.05) is 26.2 Å². The van der Waals surface area contributed by atoms with Gasteiger partial charge in [0.15, 0.2) is 0 Å². The van der Waals surface area contributed by atoms with Crippen LogP contribution in [-0.4, -0.2) is 57.8 Å². The Balaban J connectivity index is 1.89. The molecule has 1 N–H and O–H groups in total. The van der Waals surface area contributed by atoms with Crippen LogP contribution in [0.4, 0.5) is 0 Å². The standard InChI is InChI=1S/C17H33N2.C2H5.Sn/c1-16(2,15-8-10-18-11-9-15)14-17(3,4)19-12-6-5-7-13-19;1-2;/h5,15,18H,6-14H2,1-4H3;1H2,2H3;. The molecule has 128 valence electrons. The van der Waals surface area contributed by atoms with Crippen LogP contribution in [0.5, 0.6) is 0 Å². The summed E-state index contributed by atoms with van der Waals surface area (Å²) in [6, 6.07) is 0. The molecule has 0 amide bonds. The molecule has 0 unspecified atom stereocenters. The van der Waals surface area contributed by atoms with Crippen molar-refractivity contribution in [3.63, 3.8) is 0 Å². The zero-order valence-electron chi connectivity index (χ0n) is 15.7. The monoisotopic (exact) mass is 414 g/mol. The molecule has 0 aromatic heterocycles. The van der Waals surface area contributed by atoms with Gasteiger partial charge in [-0.1, -0.05) is 0 Å². The van der Waals surface area contributed by atoms with Gasteiger partial charge in [0.2, 0.25) is 0 Å². The van der Waals surface area contributed by atoms with Gasteiger partial charge in [0.25, 0.3) is 0 Å². The van der Waals surface area contributed by atoms with E-state index in [9.17, 15) is 0 Å². The normalized spacial score (nSPS) is 23.9. The Morgan fingerprint density at radius 1 is 1.00 bits per heavy atom. The van der Waals surface area contributed by atoms with E-state index in [1.54, 1.807) is 0 Å². The number of hydrogen-bond acceptors (Lipinski definition) is 2. The molecule has 2 saturated heterocycles. The topological polar surface area (TPSA) is 15.3 Å². The molecule has 0 atom stereocenters. The van der Waals surface area contributed by atoms with Crippen molar-refractivity contribution >= 4 is 21.1 Å². The predicted molar refractivity (Wildman–Crippen MR) is 98.9 cm³/mol. The first kappa shape index (κ1) is 19.0. The summed E-state index contributed by atoms with van der Waals surface area (Å²) in [6.45, 7) is 17.7.